The van der Waals surface area contributed by atoms with Crippen molar-refractivity contribution in [3.8, 4) is 0 Å². The number of hydrogen-bond donors (Lipinski definition) is 2. The number of hydrogen-bond acceptors (Lipinski definition) is 2. The summed E-state index contributed by atoms with van der Waals surface area (Å²) < 4.78 is 0. The van der Waals surface area contributed by atoms with E-state index >= 15 is 0 Å². The summed E-state index contributed by atoms with van der Waals surface area (Å²) in [5, 5.41) is 3.60. The molecule has 16 heavy (non-hydrogen) atoms. The highest BCUT2D eigenvalue weighted by Gasteiger charge is 2.20. The standard InChI is InChI=1S/C13H17N3/c1-9(14-10-5-4-6-10)13-15-11-7-2-3-8-12(11)16-13/h2-3,7-10,14H,4-6H2,1H3,(H,15,16). The van der Waals surface area contributed by atoms with Crippen molar-refractivity contribution >= 4 is 11.0 Å². The maximum atomic E-state index is 4.61. The smallest absolute Gasteiger partial charge is 0.124 e. The van der Waals surface area contributed by atoms with Gasteiger partial charge in [-0.05, 0) is 31.9 Å². The number of aromatic nitrogens is 2. The van der Waals surface area contributed by atoms with E-state index in [1.165, 1.54) is 19.3 Å². The van der Waals surface area contributed by atoms with E-state index in [9.17, 15) is 0 Å². The second kappa shape index (κ2) is 3.91. The molecule has 0 saturated heterocycles. The molecule has 1 atom stereocenters. The lowest BCUT2D eigenvalue weighted by atomic mass is 9.92. The van der Waals surface area contributed by atoms with E-state index in [1.807, 2.05) is 18.2 Å². The first-order chi connectivity index (χ1) is 7.83. The number of benzene rings is 1. The molecule has 3 heteroatoms. The molecule has 2 aromatic rings. The monoisotopic (exact) mass is 215 g/mol. The Balaban J connectivity index is 1.81. The fourth-order valence-electron chi connectivity index (χ4n) is 2.19. The second-order valence-electron chi connectivity index (χ2n) is 4.66. The van der Waals surface area contributed by atoms with Gasteiger partial charge in [-0.1, -0.05) is 18.6 Å². The maximum Gasteiger partial charge on any atom is 0.124 e. The van der Waals surface area contributed by atoms with Crippen LogP contribution in [0.25, 0.3) is 11.0 Å². The number of rotatable bonds is 3. The van der Waals surface area contributed by atoms with Gasteiger partial charge in [-0.2, -0.15) is 0 Å². The van der Waals surface area contributed by atoms with Crippen LogP contribution in [0.4, 0.5) is 0 Å². The average molecular weight is 215 g/mol. The first-order valence-corrected chi connectivity index (χ1v) is 6.03. The predicted molar refractivity (Wildman–Crippen MR) is 65.3 cm³/mol. The van der Waals surface area contributed by atoms with Crippen LogP contribution in [-0.4, -0.2) is 16.0 Å². The zero-order valence-corrected chi connectivity index (χ0v) is 9.53. The zero-order valence-electron chi connectivity index (χ0n) is 9.53. The van der Waals surface area contributed by atoms with Crippen LogP contribution in [0.1, 0.15) is 38.1 Å². The van der Waals surface area contributed by atoms with Crippen LogP contribution >= 0.6 is 0 Å². The van der Waals surface area contributed by atoms with Crippen LogP contribution in [-0.2, 0) is 0 Å². The van der Waals surface area contributed by atoms with Crippen molar-refractivity contribution < 1.29 is 0 Å². The van der Waals surface area contributed by atoms with Gasteiger partial charge < -0.3 is 10.3 Å². The number of nitrogens with one attached hydrogen (secondary N) is 2. The van der Waals surface area contributed by atoms with E-state index < -0.39 is 0 Å². The Labute approximate surface area is 95.3 Å². The van der Waals surface area contributed by atoms with Crippen molar-refractivity contribution in [1.29, 1.82) is 0 Å². The molecule has 1 aromatic carbocycles. The minimum Gasteiger partial charge on any atom is -0.341 e. The average Bonchev–Trinajstić information content (AvgIpc) is 2.66. The summed E-state index contributed by atoms with van der Waals surface area (Å²) in [6.45, 7) is 2.18. The third kappa shape index (κ3) is 1.71. The van der Waals surface area contributed by atoms with Crippen LogP contribution in [0.15, 0.2) is 24.3 Å². The van der Waals surface area contributed by atoms with Crippen molar-refractivity contribution in [1.82, 2.24) is 15.3 Å². The summed E-state index contributed by atoms with van der Waals surface area (Å²) in [7, 11) is 0. The Hall–Kier alpha value is -1.35. The van der Waals surface area contributed by atoms with Crippen molar-refractivity contribution in [2.45, 2.75) is 38.3 Å². The van der Waals surface area contributed by atoms with Gasteiger partial charge >= 0.3 is 0 Å². The number of imidazole rings is 1. The quantitative estimate of drug-likeness (QED) is 0.826. The van der Waals surface area contributed by atoms with Gasteiger partial charge in [-0.25, -0.2) is 4.98 Å². The molecule has 1 aliphatic carbocycles. The second-order valence-corrected chi connectivity index (χ2v) is 4.66. The highest BCUT2D eigenvalue weighted by molar-refractivity contribution is 5.74. The summed E-state index contributed by atoms with van der Waals surface area (Å²) >= 11 is 0. The molecule has 1 unspecified atom stereocenters. The summed E-state index contributed by atoms with van der Waals surface area (Å²) in [6.07, 6.45) is 3.99. The lowest BCUT2D eigenvalue weighted by Crippen LogP contribution is -2.37. The van der Waals surface area contributed by atoms with Gasteiger partial charge in [-0.15, -0.1) is 0 Å². The predicted octanol–water partition coefficient (Wildman–Crippen LogP) is 2.77. The Kier molecular flexibility index (Phi) is 2.40. The molecule has 1 fully saturated rings. The normalized spacial score (nSPS) is 18.6. The third-order valence-corrected chi connectivity index (χ3v) is 3.41. The topological polar surface area (TPSA) is 40.7 Å². The molecule has 0 spiro atoms. The molecule has 0 amide bonds. The molecule has 0 bridgehead atoms. The molecule has 1 aliphatic rings. The Morgan fingerprint density at radius 2 is 2.19 bits per heavy atom. The highest BCUT2D eigenvalue weighted by atomic mass is 15.0. The van der Waals surface area contributed by atoms with E-state index in [0.29, 0.717) is 12.1 Å². The van der Waals surface area contributed by atoms with Gasteiger partial charge in [0.2, 0.25) is 0 Å². The molecular formula is C13H17N3. The van der Waals surface area contributed by atoms with Gasteiger partial charge in [0.15, 0.2) is 0 Å². The summed E-state index contributed by atoms with van der Waals surface area (Å²) in [4.78, 5) is 7.98. The molecule has 2 N–H and O–H groups in total. The summed E-state index contributed by atoms with van der Waals surface area (Å²) in [6, 6.07) is 9.19. The number of aromatic amines is 1. The van der Waals surface area contributed by atoms with Crippen molar-refractivity contribution in [2.75, 3.05) is 0 Å². The Bertz CT molecular complexity index is 452. The lowest BCUT2D eigenvalue weighted by Gasteiger charge is -2.29. The Morgan fingerprint density at radius 3 is 2.88 bits per heavy atom. The fourth-order valence-corrected chi connectivity index (χ4v) is 2.19. The van der Waals surface area contributed by atoms with Crippen LogP contribution < -0.4 is 5.32 Å². The summed E-state index contributed by atoms with van der Waals surface area (Å²) in [5.74, 6) is 1.05. The molecule has 0 radical (unpaired) electrons. The van der Waals surface area contributed by atoms with Gasteiger partial charge in [0.1, 0.15) is 5.82 Å². The highest BCUT2D eigenvalue weighted by Crippen LogP contribution is 2.22. The molecule has 84 valence electrons. The minimum absolute atomic E-state index is 0.317. The van der Waals surface area contributed by atoms with Crippen LogP contribution in [0.2, 0.25) is 0 Å². The summed E-state index contributed by atoms with van der Waals surface area (Å²) in [5.41, 5.74) is 2.18. The SMILES string of the molecule is CC(NC1CCC1)c1nc2ccccc2[nH]1. The number of para-hydroxylation sites is 2. The zero-order chi connectivity index (χ0) is 11.0. The third-order valence-electron chi connectivity index (χ3n) is 3.41. The molecule has 1 aromatic heterocycles. The number of nitrogens with zero attached hydrogens (tertiary/aromatic N) is 1. The van der Waals surface area contributed by atoms with Crippen LogP contribution in [0.3, 0.4) is 0 Å². The van der Waals surface area contributed by atoms with Gasteiger partial charge in [0.25, 0.3) is 0 Å². The van der Waals surface area contributed by atoms with Gasteiger partial charge in [0, 0.05) is 6.04 Å². The first-order valence-electron chi connectivity index (χ1n) is 6.03. The maximum absolute atomic E-state index is 4.61. The van der Waals surface area contributed by atoms with E-state index in [1.54, 1.807) is 0 Å². The first kappa shape index (κ1) is 9.85. The fraction of sp³-hybridized carbons (Fsp3) is 0.462. The Morgan fingerprint density at radius 1 is 1.38 bits per heavy atom. The molecule has 3 rings (SSSR count). The van der Waals surface area contributed by atoms with Crippen LogP contribution in [0, 0.1) is 0 Å². The molecular weight excluding hydrogens is 198 g/mol. The van der Waals surface area contributed by atoms with Gasteiger partial charge in [-0.3, -0.25) is 0 Å². The van der Waals surface area contributed by atoms with E-state index in [2.05, 4.69) is 28.3 Å². The molecule has 0 aliphatic heterocycles. The molecule has 1 heterocycles. The van der Waals surface area contributed by atoms with E-state index in [0.717, 1.165) is 16.9 Å². The number of H-pyrrole nitrogens is 1. The number of fused-ring (bicyclic) bond motifs is 1. The lowest BCUT2D eigenvalue weighted by molar-refractivity contribution is 0.309. The largest absolute Gasteiger partial charge is 0.341 e. The van der Waals surface area contributed by atoms with Crippen molar-refractivity contribution in [3.05, 3.63) is 30.1 Å². The minimum atomic E-state index is 0.317. The molecule has 1 saturated carbocycles. The van der Waals surface area contributed by atoms with Crippen LogP contribution in [0.5, 0.6) is 0 Å². The molecule has 3 nitrogen and oxygen atoms in total. The van der Waals surface area contributed by atoms with E-state index in [4.69, 9.17) is 0 Å². The van der Waals surface area contributed by atoms with Gasteiger partial charge in [0.05, 0.1) is 17.1 Å². The van der Waals surface area contributed by atoms with Crippen molar-refractivity contribution in [2.24, 2.45) is 0 Å². The van der Waals surface area contributed by atoms with E-state index in [-0.39, 0.29) is 0 Å². The van der Waals surface area contributed by atoms with Crippen molar-refractivity contribution in [3.63, 3.8) is 0 Å².